The SMILES string of the molecule is COC(=O)c1cnc(-c2cccc3cccc(Cl)c23)c(F)c1NC(=O)NC(=O)C(Cl)(Cl)Cl. The summed E-state index contributed by atoms with van der Waals surface area (Å²) < 4.78 is 17.8. The number of urea groups is 1. The zero-order valence-electron chi connectivity index (χ0n) is 16.0. The summed E-state index contributed by atoms with van der Waals surface area (Å²) in [6.45, 7) is 0. The van der Waals surface area contributed by atoms with Crippen molar-refractivity contribution in [2.45, 2.75) is 3.79 Å². The third-order valence-electron chi connectivity index (χ3n) is 4.26. The number of nitrogens with zero attached hydrogens (tertiary/aromatic N) is 1. The maximum atomic E-state index is 15.6. The molecule has 0 unspecified atom stereocenters. The molecule has 0 saturated carbocycles. The van der Waals surface area contributed by atoms with E-state index in [-0.39, 0.29) is 5.69 Å². The van der Waals surface area contributed by atoms with E-state index in [1.54, 1.807) is 41.7 Å². The number of carbonyl (C=O) groups excluding carboxylic acids is 3. The van der Waals surface area contributed by atoms with E-state index in [4.69, 9.17) is 46.4 Å². The normalized spacial score (nSPS) is 11.2. The lowest BCUT2D eigenvalue weighted by Crippen LogP contribution is -2.41. The number of hydrogen-bond acceptors (Lipinski definition) is 5. The number of fused-ring (bicyclic) bond motifs is 1. The fraction of sp³-hybridized carbons (Fsp3) is 0.100. The van der Waals surface area contributed by atoms with Gasteiger partial charge in [0.2, 0.25) is 0 Å². The fourth-order valence-corrected chi connectivity index (χ4v) is 3.30. The van der Waals surface area contributed by atoms with Crippen LogP contribution >= 0.6 is 46.4 Å². The molecule has 3 amide bonds. The number of hydrogen-bond donors (Lipinski definition) is 2. The Bertz CT molecular complexity index is 1240. The summed E-state index contributed by atoms with van der Waals surface area (Å²) >= 11 is 22.5. The topological polar surface area (TPSA) is 97.4 Å². The Balaban J connectivity index is 2.14. The van der Waals surface area contributed by atoms with Crippen molar-refractivity contribution in [3.63, 3.8) is 0 Å². The minimum absolute atomic E-state index is 0.209. The van der Waals surface area contributed by atoms with Gasteiger partial charge in [-0.3, -0.25) is 15.1 Å². The highest BCUT2D eigenvalue weighted by Crippen LogP contribution is 2.36. The van der Waals surface area contributed by atoms with Crippen molar-refractivity contribution in [3.05, 3.63) is 59.0 Å². The number of nitrogens with one attached hydrogen (secondary N) is 2. The lowest BCUT2D eigenvalue weighted by Gasteiger charge is -2.16. The molecule has 3 aromatic rings. The molecule has 0 bridgehead atoms. The van der Waals surface area contributed by atoms with Gasteiger partial charge in [-0.15, -0.1) is 0 Å². The van der Waals surface area contributed by atoms with Crippen molar-refractivity contribution in [1.82, 2.24) is 10.3 Å². The molecule has 7 nitrogen and oxygen atoms in total. The maximum Gasteiger partial charge on any atom is 0.341 e. The number of anilines is 1. The van der Waals surface area contributed by atoms with Gasteiger partial charge in [0.1, 0.15) is 11.3 Å². The van der Waals surface area contributed by atoms with Crippen LogP contribution in [0, 0.1) is 5.82 Å². The van der Waals surface area contributed by atoms with Gasteiger partial charge in [0.05, 0.1) is 12.8 Å². The second kappa shape index (κ2) is 9.46. The third kappa shape index (κ3) is 4.88. The lowest BCUT2D eigenvalue weighted by molar-refractivity contribution is -0.119. The molecule has 0 aliphatic heterocycles. The minimum atomic E-state index is -2.44. The average Bonchev–Trinajstić information content (AvgIpc) is 2.73. The molecular formula is C20H12Cl4FN3O4. The molecule has 0 saturated heterocycles. The van der Waals surface area contributed by atoms with Crippen LogP contribution < -0.4 is 10.6 Å². The highest BCUT2D eigenvalue weighted by Gasteiger charge is 2.33. The zero-order valence-corrected chi connectivity index (χ0v) is 19.0. The number of halogens is 5. The van der Waals surface area contributed by atoms with Crippen molar-refractivity contribution >= 4 is 80.8 Å². The number of esters is 1. The molecule has 0 fully saturated rings. The largest absolute Gasteiger partial charge is 0.465 e. The Morgan fingerprint density at radius 2 is 1.75 bits per heavy atom. The third-order valence-corrected chi connectivity index (χ3v) is 5.09. The van der Waals surface area contributed by atoms with Crippen LogP contribution in [0.15, 0.2) is 42.6 Å². The zero-order chi connectivity index (χ0) is 23.6. The van der Waals surface area contributed by atoms with Gasteiger partial charge >= 0.3 is 12.0 Å². The Labute approximate surface area is 200 Å². The van der Waals surface area contributed by atoms with Crippen LogP contribution in [-0.2, 0) is 9.53 Å². The molecule has 3 rings (SSSR count). The van der Waals surface area contributed by atoms with E-state index in [1.165, 1.54) is 0 Å². The molecule has 0 spiro atoms. The van der Waals surface area contributed by atoms with Crippen LogP contribution in [0.25, 0.3) is 22.0 Å². The van der Waals surface area contributed by atoms with Crippen molar-refractivity contribution < 1.29 is 23.5 Å². The summed E-state index contributed by atoms with van der Waals surface area (Å²) in [5, 5.41) is 5.38. The van der Waals surface area contributed by atoms with E-state index in [0.717, 1.165) is 13.3 Å². The van der Waals surface area contributed by atoms with E-state index < -0.39 is 38.8 Å². The van der Waals surface area contributed by atoms with Crippen LogP contribution in [0.1, 0.15) is 10.4 Å². The predicted octanol–water partition coefficient (Wildman–Crippen LogP) is 5.50. The highest BCUT2D eigenvalue weighted by atomic mass is 35.6. The monoisotopic (exact) mass is 517 g/mol. The Morgan fingerprint density at radius 1 is 1.09 bits per heavy atom. The minimum Gasteiger partial charge on any atom is -0.465 e. The first-order chi connectivity index (χ1) is 15.0. The van der Waals surface area contributed by atoms with Gasteiger partial charge in [-0.05, 0) is 11.5 Å². The fourth-order valence-electron chi connectivity index (χ4n) is 2.87. The number of methoxy groups -OCH3 is 1. The van der Waals surface area contributed by atoms with Crippen LogP contribution in [0.2, 0.25) is 5.02 Å². The van der Waals surface area contributed by atoms with Crippen LogP contribution in [0.4, 0.5) is 14.9 Å². The molecule has 0 radical (unpaired) electrons. The second-order valence-electron chi connectivity index (χ2n) is 6.25. The number of ether oxygens (including phenoxy) is 1. The molecule has 0 aliphatic carbocycles. The van der Waals surface area contributed by atoms with Gasteiger partial charge in [-0.2, -0.15) is 0 Å². The maximum absolute atomic E-state index is 15.6. The van der Waals surface area contributed by atoms with E-state index in [9.17, 15) is 14.4 Å². The summed E-state index contributed by atoms with van der Waals surface area (Å²) in [7, 11) is 1.06. The van der Waals surface area contributed by atoms with Crippen LogP contribution in [0.3, 0.4) is 0 Å². The average molecular weight is 519 g/mol. The van der Waals surface area contributed by atoms with Crippen molar-refractivity contribution in [3.8, 4) is 11.3 Å². The molecule has 0 atom stereocenters. The standard InChI is InChI=1S/C20H12Cl4FN3O4/c1-32-17(29)11-8-26-15(10-6-2-4-9-5-3-7-12(21)13(9)10)14(25)16(11)27-19(31)28-18(30)20(22,23)24/h2-8H,1H3,(H2,26,27,28,30,31). The van der Waals surface area contributed by atoms with Gasteiger partial charge in [-0.1, -0.05) is 76.7 Å². The molecule has 1 heterocycles. The number of carbonyl (C=O) groups is 3. The van der Waals surface area contributed by atoms with Crippen LogP contribution in [0.5, 0.6) is 0 Å². The van der Waals surface area contributed by atoms with Crippen LogP contribution in [-0.4, -0.2) is 33.8 Å². The molecule has 2 aromatic carbocycles. The number of pyridine rings is 1. The Morgan fingerprint density at radius 3 is 2.38 bits per heavy atom. The number of alkyl halides is 3. The summed E-state index contributed by atoms with van der Waals surface area (Å²) in [5.74, 6) is -3.34. The molecule has 12 heteroatoms. The van der Waals surface area contributed by atoms with Crippen molar-refractivity contribution in [1.29, 1.82) is 0 Å². The molecular weight excluding hydrogens is 507 g/mol. The molecule has 1 aromatic heterocycles. The van der Waals surface area contributed by atoms with E-state index in [1.807, 2.05) is 0 Å². The number of amides is 3. The summed E-state index contributed by atoms with van der Waals surface area (Å²) in [6, 6.07) is 8.91. The van der Waals surface area contributed by atoms with Gasteiger partial charge in [0.15, 0.2) is 5.82 Å². The summed E-state index contributed by atoms with van der Waals surface area (Å²) in [4.78, 5) is 40.1. The van der Waals surface area contributed by atoms with Gasteiger partial charge in [0, 0.05) is 22.2 Å². The van der Waals surface area contributed by atoms with Crippen molar-refractivity contribution in [2.75, 3.05) is 12.4 Å². The Kier molecular flexibility index (Phi) is 7.09. The van der Waals surface area contributed by atoms with E-state index >= 15 is 4.39 Å². The number of imide groups is 1. The van der Waals surface area contributed by atoms with E-state index in [0.29, 0.717) is 21.4 Å². The van der Waals surface area contributed by atoms with Gasteiger partial charge < -0.3 is 10.1 Å². The smallest absolute Gasteiger partial charge is 0.341 e. The molecule has 2 N–H and O–H groups in total. The number of rotatable bonds is 3. The summed E-state index contributed by atoms with van der Waals surface area (Å²) in [6.07, 6.45) is 1.02. The predicted molar refractivity (Wildman–Crippen MR) is 121 cm³/mol. The number of aromatic nitrogens is 1. The van der Waals surface area contributed by atoms with Crippen molar-refractivity contribution in [2.24, 2.45) is 0 Å². The molecule has 166 valence electrons. The second-order valence-corrected chi connectivity index (χ2v) is 8.94. The Hall–Kier alpha value is -2.65. The van der Waals surface area contributed by atoms with E-state index in [2.05, 4.69) is 15.0 Å². The quantitative estimate of drug-likeness (QED) is 0.352. The van der Waals surface area contributed by atoms with Gasteiger partial charge in [-0.25, -0.2) is 14.0 Å². The van der Waals surface area contributed by atoms with Gasteiger partial charge in [0.25, 0.3) is 9.70 Å². The number of benzene rings is 2. The first-order valence-corrected chi connectivity index (χ1v) is 10.2. The summed E-state index contributed by atoms with van der Waals surface area (Å²) in [5.41, 5.74) is -0.903. The molecule has 0 aliphatic rings. The highest BCUT2D eigenvalue weighted by molar-refractivity contribution is 6.76. The lowest BCUT2D eigenvalue weighted by atomic mass is 10.0. The molecule has 32 heavy (non-hydrogen) atoms. The first-order valence-electron chi connectivity index (χ1n) is 8.68. The first kappa shape index (κ1) is 24.0.